The minimum atomic E-state index is -3.53. The third kappa shape index (κ3) is 4.58. The predicted molar refractivity (Wildman–Crippen MR) is 123 cm³/mol. The van der Waals surface area contributed by atoms with E-state index in [-0.39, 0.29) is 28.6 Å². The summed E-state index contributed by atoms with van der Waals surface area (Å²) in [6, 6.07) is 12.5. The smallest absolute Gasteiger partial charge is 0.308 e. The van der Waals surface area contributed by atoms with E-state index in [1.807, 2.05) is 24.3 Å². The Balaban J connectivity index is 1.48. The third-order valence-corrected chi connectivity index (χ3v) is 8.39. The van der Waals surface area contributed by atoms with Crippen molar-refractivity contribution in [1.82, 2.24) is 8.87 Å². The molecule has 1 fully saturated rings. The molecule has 0 saturated carbocycles. The van der Waals surface area contributed by atoms with Gasteiger partial charge in [-0.2, -0.15) is 4.31 Å². The fraction of sp³-hybridized carbons (Fsp3) is 0.364. The van der Waals surface area contributed by atoms with Crippen molar-refractivity contribution in [2.75, 3.05) is 18.4 Å². The molecule has 1 aliphatic rings. The maximum absolute atomic E-state index is 12.8. The number of thiazole rings is 1. The van der Waals surface area contributed by atoms with Gasteiger partial charge < -0.3 is 5.32 Å². The first-order valence-electron chi connectivity index (χ1n) is 10.4. The topological polar surface area (TPSA) is 88.5 Å². The van der Waals surface area contributed by atoms with E-state index in [9.17, 15) is 18.0 Å². The molecule has 7 nitrogen and oxygen atoms in total. The molecule has 31 heavy (non-hydrogen) atoms. The zero-order chi connectivity index (χ0) is 22.0. The van der Waals surface area contributed by atoms with Crippen LogP contribution in [0.1, 0.15) is 31.7 Å². The highest BCUT2D eigenvalue weighted by molar-refractivity contribution is 7.89. The highest BCUT2D eigenvalue weighted by Gasteiger charge is 2.27. The molecule has 1 aliphatic heterocycles. The molecule has 9 heteroatoms. The first-order valence-corrected chi connectivity index (χ1v) is 12.7. The van der Waals surface area contributed by atoms with Crippen molar-refractivity contribution in [2.45, 2.75) is 44.0 Å². The first-order chi connectivity index (χ1) is 14.9. The van der Waals surface area contributed by atoms with Gasteiger partial charge in [0.15, 0.2) is 0 Å². The lowest BCUT2D eigenvalue weighted by Crippen LogP contribution is -2.27. The van der Waals surface area contributed by atoms with Gasteiger partial charge in [-0.1, -0.05) is 30.4 Å². The minimum absolute atomic E-state index is 0.148. The number of carbonyl (C=O) groups is 1. The molecule has 1 aromatic heterocycles. The lowest BCUT2D eigenvalue weighted by atomic mass is 10.1. The van der Waals surface area contributed by atoms with Crippen molar-refractivity contribution in [1.29, 1.82) is 0 Å². The normalized spacial score (nSPS) is 14.9. The van der Waals surface area contributed by atoms with Crippen molar-refractivity contribution >= 4 is 43.2 Å². The first kappa shape index (κ1) is 21.7. The number of hydrogen-bond donors (Lipinski definition) is 1. The second kappa shape index (κ2) is 8.94. The molecule has 0 atom stereocenters. The summed E-state index contributed by atoms with van der Waals surface area (Å²) in [5.41, 5.74) is 2.57. The Kier molecular flexibility index (Phi) is 6.27. The number of benzene rings is 2. The number of aromatic nitrogens is 1. The molecule has 0 bridgehead atoms. The predicted octanol–water partition coefficient (Wildman–Crippen LogP) is 3.44. The van der Waals surface area contributed by atoms with E-state index in [0.717, 1.165) is 36.3 Å². The maximum atomic E-state index is 12.8. The Morgan fingerprint density at radius 2 is 1.81 bits per heavy atom. The van der Waals surface area contributed by atoms with Crippen LogP contribution >= 0.6 is 11.3 Å². The van der Waals surface area contributed by atoms with Crippen LogP contribution in [0.3, 0.4) is 0 Å². The molecule has 1 N–H and O–H groups in total. The second-order valence-corrected chi connectivity index (χ2v) is 10.5. The summed E-state index contributed by atoms with van der Waals surface area (Å²) in [7, 11) is -3.53. The fourth-order valence-corrected chi connectivity index (χ4v) is 6.33. The highest BCUT2D eigenvalue weighted by atomic mass is 32.2. The van der Waals surface area contributed by atoms with Gasteiger partial charge in [0.05, 0.1) is 15.1 Å². The van der Waals surface area contributed by atoms with Gasteiger partial charge in [-0.3, -0.25) is 14.2 Å². The lowest BCUT2D eigenvalue weighted by Gasteiger charge is -2.15. The van der Waals surface area contributed by atoms with Crippen LogP contribution in [0.15, 0.2) is 52.2 Å². The number of sulfonamides is 1. The summed E-state index contributed by atoms with van der Waals surface area (Å²) in [6.07, 6.45) is 2.82. The molecule has 0 aliphatic carbocycles. The molecule has 164 valence electrons. The molecule has 4 rings (SSSR count). The fourth-order valence-electron chi connectivity index (χ4n) is 3.76. The Hall–Kier alpha value is -2.49. The molecule has 0 unspecified atom stereocenters. The van der Waals surface area contributed by atoms with Gasteiger partial charge in [0.1, 0.15) is 0 Å². The van der Waals surface area contributed by atoms with Crippen LogP contribution < -0.4 is 10.2 Å². The molecule has 1 amide bonds. The van der Waals surface area contributed by atoms with Crippen LogP contribution in [0.2, 0.25) is 0 Å². The van der Waals surface area contributed by atoms with Crippen LogP contribution in [0.5, 0.6) is 0 Å². The highest BCUT2D eigenvalue weighted by Crippen LogP contribution is 2.26. The molecular formula is C22H25N3O4S2. The molecule has 0 spiro atoms. The van der Waals surface area contributed by atoms with Crippen LogP contribution in [0.4, 0.5) is 5.69 Å². The van der Waals surface area contributed by atoms with E-state index in [1.165, 1.54) is 14.4 Å². The number of fused-ring (bicyclic) bond motifs is 1. The summed E-state index contributed by atoms with van der Waals surface area (Å²) < 4.78 is 29.2. The van der Waals surface area contributed by atoms with Crippen LogP contribution in [-0.2, 0) is 27.8 Å². The number of anilines is 1. The average Bonchev–Trinajstić information content (AvgIpc) is 3.40. The number of rotatable bonds is 7. The van der Waals surface area contributed by atoms with Gasteiger partial charge in [0, 0.05) is 31.7 Å². The van der Waals surface area contributed by atoms with Gasteiger partial charge >= 0.3 is 4.87 Å². The maximum Gasteiger partial charge on any atom is 0.308 e. The monoisotopic (exact) mass is 459 g/mol. The molecule has 2 heterocycles. The number of carbonyl (C=O) groups excluding carboxylic acids is 1. The Morgan fingerprint density at radius 1 is 1.10 bits per heavy atom. The molecule has 3 aromatic rings. The van der Waals surface area contributed by atoms with Gasteiger partial charge in [-0.25, -0.2) is 8.42 Å². The van der Waals surface area contributed by atoms with Crippen molar-refractivity contribution in [2.24, 2.45) is 0 Å². The quantitative estimate of drug-likeness (QED) is 0.586. The third-order valence-electron chi connectivity index (χ3n) is 5.55. The van der Waals surface area contributed by atoms with Crippen molar-refractivity contribution < 1.29 is 13.2 Å². The average molecular weight is 460 g/mol. The molecular weight excluding hydrogens is 434 g/mol. The standard InChI is InChI=1S/C22H25N3O4S2/c1-2-16-5-7-17(8-6-16)23-21(26)11-14-25-19-10-9-18(15-20(19)30-22(25)27)31(28,29)24-12-3-4-13-24/h5-10,15H,2-4,11-14H2,1H3,(H,23,26). The summed E-state index contributed by atoms with van der Waals surface area (Å²) in [5, 5.41) is 2.85. The zero-order valence-corrected chi connectivity index (χ0v) is 19.0. The SMILES string of the molecule is CCc1ccc(NC(=O)CCn2c(=O)sc3cc(S(=O)(=O)N4CCCC4)ccc32)cc1. The Bertz CT molecular complexity index is 1250. The van der Waals surface area contributed by atoms with Gasteiger partial charge in [0.2, 0.25) is 15.9 Å². The summed E-state index contributed by atoms with van der Waals surface area (Å²) in [5.74, 6) is -0.177. The van der Waals surface area contributed by atoms with E-state index < -0.39 is 10.0 Å². The van der Waals surface area contributed by atoms with E-state index in [0.29, 0.717) is 23.3 Å². The number of nitrogens with zero attached hydrogens (tertiary/aromatic N) is 2. The summed E-state index contributed by atoms with van der Waals surface area (Å²) >= 11 is 1.00. The Labute approximate surface area is 185 Å². The molecule has 2 aromatic carbocycles. The van der Waals surface area contributed by atoms with Gasteiger partial charge in [0.25, 0.3) is 0 Å². The number of aryl methyl sites for hydroxylation is 2. The van der Waals surface area contributed by atoms with Gasteiger partial charge in [-0.15, -0.1) is 0 Å². The van der Waals surface area contributed by atoms with Crippen LogP contribution in [0, 0.1) is 0 Å². The van der Waals surface area contributed by atoms with E-state index in [1.54, 1.807) is 18.2 Å². The van der Waals surface area contributed by atoms with Crippen molar-refractivity contribution in [3.63, 3.8) is 0 Å². The van der Waals surface area contributed by atoms with Crippen LogP contribution in [0.25, 0.3) is 10.2 Å². The summed E-state index contributed by atoms with van der Waals surface area (Å²) in [6.45, 7) is 3.37. The van der Waals surface area contributed by atoms with E-state index in [4.69, 9.17) is 0 Å². The van der Waals surface area contributed by atoms with Crippen molar-refractivity contribution in [3.8, 4) is 0 Å². The van der Waals surface area contributed by atoms with E-state index in [2.05, 4.69) is 12.2 Å². The lowest BCUT2D eigenvalue weighted by molar-refractivity contribution is -0.116. The minimum Gasteiger partial charge on any atom is -0.326 e. The van der Waals surface area contributed by atoms with E-state index >= 15 is 0 Å². The van der Waals surface area contributed by atoms with Gasteiger partial charge in [-0.05, 0) is 55.2 Å². The second-order valence-electron chi connectivity index (χ2n) is 7.61. The zero-order valence-electron chi connectivity index (χ0n) is 17.3. The number of amides is 1. The molecule has 0 radical (unpaired) electrons. The van der Waals surface area contributed by atoms with Crippen molar-refractivity contribution in [3.05, 3.63) is 57.7 Å². The van der Waals surface area contributed by atoms with Crippen LogP contribution in [-0.4, -0.2) is 36.3 Å². The summed E-state index contributed by atoms with van der Waals surface area (Å²) in [4.78, 5) is 24.8. The Morgan fingerprint density at radius 3 is 2.48 bits per heavy atom. The number of hydrogen-bond acceptors (Lipinski definition) is 5. The number of nitrogens with one attached hydrogen (secondary N) is 1. The molecule has 1 saturated heterocycles. The largest absolute Gasteiger partial charge is 0.326 e.